The summed E-state index contributed by atoms with van der Waals surface area (Å²) in [6.07, 6.45) is 0.333. The lowest BCUT2D eigenvalue weighted by Crippen LogP contribution is -2.23. The number of aromatic carboxylic acids is 1. The van der Waals surface area contributed by atoms with Gasteiger partial charge in [-0.15, -0.1) is 4.31 Å². The van der Waals surface area contributed by atoms with Gasteiger partial charge in [-0.2, -0.15) is 0 Å². The van der Waals surface area contributed by atoms with Gasteiger partial charge >= 0.3 is 5.97 Å². The molecule has 0 saturated carbocycles. The van der Waals surface area contributed by atoms with E-state index in [0.717, 1.165) is 34.5 Å². The molecular weight excluding hydrogens is 478 g/mol. The molecule has 4 aromatic rings. The first-order valence-electron chi connectivity index (χ1n) is 11.4. The fraction of sp³-hybridized carbons (Fsp3) is 0.148. The van der Waals surface area contributed by atoms with Crippen molar-refractivity contribution in [2.75, 3.05) is 13.1 Å². The number of carboxylic acids is 1. The topological polar surface area (TPSA) is 125 Å². The van der Waals surface area contributed by atoms with E-state index in [9.17, 15) is 18.9 Å². The van der Waals surface area contributed by atoms with Crippen molar-refractivity contribution in [1.82, 2.24) is 14.6 Å². The number of pyridine rings is 1. The van der Waals surface area contributed by atoms with Crippen LogP contribution < -0.4 is 10.9 Å². The van der Waals surface area contributed by atoms with Crippen molar-refractivity contribution >= 4 is 34.1 Å². The molecule has 1 aromatic heterocycles. The van der Waals surface area contributed by atoms with Crippen LogP contribution in [0.25, 0.3) is 10.9 Å². The van der Waals surface area contributed by atoms with Crippen LogP contribution in [0.1, 0.15) is 37.4 Å². The van der Waals surface area contributed by atoms with E-state index in [4.69, 9.17) is 5.11 Å². The van der Waals surface area contributed by atoms with Crippen molar-refractivity contribution in [2.45, 2.75) is 17.9 Å². The molecule has 1 unspecified atom stereocenters. The lowest BCUT2D eigenvalue weighted by molar-refractivity contribution is 0.0696. The lowest BCUT2D eigenvalue weighted by Gasteiger charge is -2.10. The van der Waals surface area contributed by atoms with Gasteiger partial charge in [0.1, 0.15) is 0 Å². The number of hydrogen-bond donors (Lipinski definition) is 3. The zero-order valence-corrected chi connectivity index (χ0v) is 20.0. The number of H-pyrrole nitrogens is 1. The normalized spacial score (nSPS) is 13.9. The number of nitrogens with one attached hydrogen (secondary N) is 2. The summed E-state index contributed by atoms with van der Waals surface area (Å²) < 4.78 is 14.1. The second kappa shape index (κ2) is 9.98. The Bertz CT molecular complexity index is 1500. The molecule has 182 valence electrons. The Morgan fingerprint density at radius 2 is 1.61 bits per heavy atom. The summed E-state index contributed by atoms with van der Waals surface area (Å²) >= 11 is -1.11. The second-order valence-corrected chi connectivity index (χ2v) is 10.1. The zero-order valence-electron chi connectivity index (χ0n) is 19.2. The molecule has 2 heterocycles. The Hall–Kier alpha value is -3.92. The third-order valence-electron chi connectivity index (χ3n) is 6.00. The number of rotatable bonds is 8. The highest BCUT2D eigenvalue weighted by atomic mass is 32.2. The summed E-state index contributed by atoms with van der Waals surface area (Å²) in [7, 11) is 0. The highest BCUT2D eigenvalue weighted by Gasteiger charge is 2.32. The van der Waals surface area contributed by atoms with Gasteiger partial charge in [0.2, 0.25) is 0 Å². The number of carbonyl (C=O) groups is 2. The maximum absolute atomic E-state index is 12.8. The van der Waals surface area contributed by atoms with Crippen molar-refractivity contribution in [3.8, 4) is 0 Å². The highest BCUT2D eigenvalue weighted by Crippen LogP contribution is 2.22. The van der Waals surface area contributed by atoms with Crippen LogP contribution in [0.15, 0.2) is 82.5 Å². The van der Waals surface area contributed by atoms with Gasteiger partial charge in [0.25, 0.3) is 11.5 Å². The first kappa shape index (κ1) is 23.8. The largest absolute Gasteiger partial charge is 0.593 e. The fourth-order valence-corrected chi connectivity index (χ4v) is 4.95. The number of amides is 1. The van der Waals surface area contributed by atoms with Crippen LogP contribution in [-0.2, 0) is 24.3 Å². The molecule has 0 bridgehead atoms. The van der Waals surface area contributed by atoms with Gasteiger partial charge in [0, 0.05) is 29.6 Å². The minimum absolute atomic E-state index is 0.184. The van der Waals surface area contributed by atoms with Crippen LogP contribution in [-0.4, -0.2) is 43.9 Å². The van der Waals surface area contributed by atoms with Crippen LogP contribution in [0.4, 0.5) is 0 Å². The van der Waals surface area contributed by atoms with Crippen molar-refractivity contribution in [2.24, 2.45) is 0 Å². The van der Waals surface area contributed by atoms with Crippen LogP contribution >= 0.6 is 0 Å². The Balaban J connectivity index is 1.28. The van der Waals surface area contributed by atoms with Gasteiger partial charge in [0.15, 0.2) is 4.90 Å². The third-order valence-corrected chi connectivity index (χ3v) is 7.51. The van der Waals surface area contributed by atoms with Gasteiger partial charge in [-0.05, 0) is 65.0 Å². The van der Waals surface area contributed by atoms with E-state index in [1.807, 2.05) is 28.6 Å². The number of hydrogen-bond acceptors (Lipinski definition) is 5. The molecule has 0 radical (unpaired) electrons. The third kappa shape index (κ3) is 5.33. The number of aromatic nitrogens is 1. The van der Waals surface area contributed by atoms with E-state index in [1.54, 1.807) is 36.4 Å². The second-order valence-electron chi connectivity index (χ2n) is 8.61. The monoisotopic (exact) mass is 501 g/mol. The smallest absolute Gasteiger partial charge is 0.335 e. The summed E-state index contributed by atoms with van der Waals surface area (Å²) in [4.78, 5) is 40.0. The van der Waals surface area contributed by atoms with Gasteiger partial charge in [-0.1, -0.05) is 24.3 Å². The molecule has 1 aliphatic rings. The van der Waals surface area contributed by atoms with Crippen LogP contribution in [0, 0.1) is 0 Å². The van der Waals surface area contributed by atoms with E-state index >= 15 is 0 Å². The number of nitrogens with zero attached hydrogens (tertiary/aromatic N) is 1. The van der Waals surface area contributed by atoms with Crippen molar-refractivity contribution < 1.29 is 19.2 Å². The molecule has 1 atom stereocenters. The molecule has 1 saturated heterocycles. The van der Waals surface area contributed by atoms with Crippen molar-refractivity contribution in [1.29, 1.82) is 0 Å². The number of aromatic amines is 1. The van der Waals surface area contributed by atoms with Gasteiger partial charge in [-0.25, -0.2) is 4.79 Å². The molecule has 36 heavy (non-hydrogen) atoms. The molecule has 9 heteroatoms. The number of carboxylic acid groups (broad SMARTS) is 1. The molecule has 3 aromatic carbocycles. The molecular formula is C27H23N3O5S. The zero-order chi connectivity index (χ0) is 25.2. The Morgan fingerprint density at radius 3 is 2.28 bits per heavy atom. The van der Waals surface area contributed by atoms with Gasteiger partial charge in [-0.3, -0.25) is 9.59 Å². The van der Waals surface area contributed by atoms with E-state index in [-0.39, 0.29) is 17.0 Å². The standard InChI is InChI=1S/C27H23N3O5S/c31-25(28-16-18-3-8-23(9-4-18)36(35)30-11-12-30)20-7-10-24-21(14-20)15-22(26(32)29-24)13-17-1-5-19(6-2-17)27(33)34/h1-10,14-15H,11-13,16H2,(H,28,31)(H,29,32)(H,33,34). The van der Waals surface area contributed by atoms with Crippen molar-refractivity contribution in [3.63, 3.8) is 0 Å². The number of fused-ring (bicyclic) bond motifs is 1. The summed E-state index contributed by atoms with van der Waals surface area (Å²) in [6, 6.07) is 20.6. The minimum atomic E-state index is -1.11. The van der Waals surface area contributed by atoms with Crippen LogP contribution in [0.5, 0.6) is 0 Å². The Morgan fingerprint density at radius 1 is 0.944 bits per heavy atom. The van der Waals surface area contributed by atoms with E-state index in [1.165, 1.54) is 12.1 Å². The summed E-state index contributed by atoms with van der Waals surface area (Å²) in [5.41, 5.74) is 3.26. The van der Waals surface area contributed by atoms with Crippen LogP contribution in [0.3, 0.4) is 0 Å². The minimum Gasteiger partial charge on any atom is -0.593 e. The molecule has 3 N–H and O–H groups in total. The first-order valence-corrected chi connectivity index (χ1v) is 12.5. The van der Waals surface area contributed by atoms with Gasteiger partial charge < -0.3 is 20.0 Å². The summed E-state index contributed by atoms with van der Waals surface area (Å²) in [5.74, 6) is -1.25. The van der Waals surface area contributed by atoms with Crippen molar-refractivity contribution in [3.05, 3.63) is 111 Å². The Kier molecular flexibility index (Phi) is 6.60. The van der Waals surface area contributed by atoms with E-state index < -0.39 is 17.3 Å². The summed E-state index contributed by atoms with van der Waals surface area (Å²) in [5, 5.41) is 12.7. The predicted molar refractivity (Wildman–Crippen MR) is 136 cm³/mol. The molecule has 0 aliphatic carbocycles. The molecule has 5 rings (SSSR count). The molecule has 1 fully saturated rings. The van der Waals surface area contributed by atoms with E-state index in [2.05, 4.69) is 10.3 Å². The molecule has 0 spiro atoms. The maximum atomic E-state index is 12.8. The lowest BCUT2D eigenvalue weighted by atomic mass is 10.0. The van der Waals surface area contributed by atoms with E-state index in [0.29, 0.717) is 29.6 Å². The highest BCUT2D eigenvalue weighted by molar-refractivity contribution is 7.89. The molecule has 1 aliphatic heterocycles. The van der Waals surface area contributed by atoms with Gasteiger partial charge in [0.05, 0.1) is 30.0 Å². The molecule has 1 amide bonds. The van der Waals surface area contributed by atoms with Crippen LogP contribution in [0.2, 0.25) is 0 Å². The predicted octanol–water partition coefficient (Wildman–Crippen LogP) is 3.09. The SMILES string of the molecule is O=C(O)c1ccc(Cc2cc3cc(C(=O)NCc4ccc([S+]([O-])N5CC5)cc4)ccc3[nH]c2=O)cc1. The number of carbonyl (C=O) groups excluding carboxylic acids is 1. The molecule has 8 nitrogen and oxygen atoms in total. The average molecular weight is 502 g/mol. The Labute approximate surface area is 209 Å². The number of benzene rings is 3. The first-order chi connectivity index (χ1) is 17.4. The fourth-order valence-electron chi connectivity index (χ4n) is 3.87. The quantitative estimate of drug-likeness (QED) is 0.252. The summed E-state index contributed by atoms with van der Waals surface area (Å²) in [6.45, 7) is 2.04. The average Bonchev–Trinajstić information content (AvgIpc) is 3.73. The maximum Gasteiger partial charge on any atom is 0.335 e.